The van der Waals surface area contributed by atoms with Gasteiger partial charge >= 0.3 is 0 Å². The fraction of sp³-hybridized carbons (Fsp3) is 0.222. The van der Waals surface area contributed by atoms with E-state index in [9.17, 15) is 17.6 Å². The maximum Gasteiger partial charge on any atom is 0.232 e. The first-order valence-corrected chi connectivity index (χ1v) is 9.63. The molecular formula is C18H18FN3O3S. The molecule has 2 rings (SSSR count). The third-order valence-corrected chi connectivity index (χ3v) is 4.79. The van der Waals surface area contributed by atoms with E-state index in [-0.39, 0.29) is 31.2 Å². The minimum absolute atomic E-state index is 0.0554. The molecule has 6 nitrogen and oxygen atoms in total. The van der Waals surface area contributed by atoms with Crippen LogP contribution in [-0.2, 0) is 21.2 Å². The van der Waals surface area contributed by atoms with Gasteiger partial charge in [-0.2, -0.15) is 5.26 Å². The number of hydrogen-bond donors (Lipinski definition) is 1. The van der Waals surface area contributed by atoms with E-state index < -0.39 is 10.0 Å². The van der Waals surface area contributed by atoms with Crippen molar-refractivity contribution in [3.8, 4) is 6.07 Å². The van der Waals surface area contributed by atoms with E-state index in [4.69, 9.17) is 5.26 Å². The molecule has 26 heavy (non-hydrogen) atoms. The number of nitriles is 1. The monoisotopic (exact) mass is 375 g/mol. The van der Waals surface area contributed by atoms with Gasteiger partial charge in [-0.15, -0.1) is 0 Å². The number of nitrogens with one attached hydrogen (secondary N) is 1. The summed E-state index contributed by atoms with van der Waals surface area (Å²) < 4.78 is 38.0. The lowest BCUT2D eigenvalue weighted by molar-refractivity contribution is -0.120. The Kier molecular flexibility index (Phi) is 6.31. The number of amides is 1. The van der Waals surface area contributed by atoms with Gasteiger partial charge in [-0.3, -0.25) is 9.10 Å². The van der Waals surface area contributed by atoms with Gasteiger partial charge in [-0.25, -0.2) is 12.8 Å². The van der Waals surface area contributed by atoms with Gasteiger partial charge in [-0.05, 0) is 42.0 Å². The van der Waals surface area contributed by atoms with Gasteiger partial charge in [0, 0.05) is 6.54 Å². The average Bonchev–Trinajstić information content (AvgIpc) is 2.60. The van der Waals surface area contributed by atoms with Crippen LogP contribution in [0.3, 0.4) is 0 Å². The van der Waals surface area contributed by atoms with Gasteiger partial charge in [0.25, 0.3) is 0 Å². The van der Waals surface area contributed by atoms with E-state index >= 15 is 0 Å². The van der Waals surface area contributed by atoms with Gasteiger partial charge in [0.05, 0.1) is 36.5 Å². The highest BCUT2D eigenvalue weighted by molar-refractivity contribution is 7.92. The number of rotatable bonds is 7. The van der Waals surface area contributed by atoms with Gasteiger partial charge in [0.1, 0.15) is 5.82 Å². The molecule has 0 heterocycles. The van der Waals surface area contributed by atoms with E-state index in [0.29, 0.717) is 16.8 Å². The Morgan fingerprint density at radius 3 is 2.31 bits per heavy atom. The van der Waals surface area contributed by atoms with E-state index in [1.807, 2.05) is 6.07 Å². The first-order chi connectivity index (χ1) is 12.3. The molecule has 0 aliphatic rings. The van der Waals surface area contributed by atoms with E-state index in [0.717, 1.165) is 10.6 Å². The topological polar surface area (TPSA) is 90.3 Å². The molecule has 0 spiro atoms. The molecule has 2 aromatic rings. The molecule has 0 aliphatic heterocycles. The highest BCUT2D eigenvalue weighted by Gasteiger charge is 2.17. The molecule has 0 aliphatic carbocycles. The SMILES string of the molecule is CS(=O)(=O)N(CCNC(=O)Cc1ccc(F)cc1)c1ccc(C#N)cc1. The summed E-state index contributed by atoms with van der Waals surface area (Å²) in [6.45, 7) is 0.174. The second-order valence-electron chi connectivity index (χ2n) is 5.65. The fourth-order valence-electron chi connectivity index (χ4n) is 2.34. The molecule has 0 saturated carbocycles. The van der Waals surface area contributed by atoms with Crippen LogP contribution in [0.4, 0.5) is 10.1 Å². The summed E-state index contributed by atoms with van der Waals surface area (Å²) >= 11 is 0. The number of sulfonamides is 1. The third-order valence-electron chi connectivity index (χ3n) is 3.60. The minimum atomic E-state index is -3.54. The zero-order valence-corrected chi connectivity index (χ0v) is 15.0. The first kappa shape index (κ1) is 19.4. The second-order valence-corrected chi connectivity index (χ2v) is 7.55. The Bertz CT molecular complexity index is 904. The van der Waals surface area contributed by atoms with Crippen molar-refractivity contribution < 1.29 is 17.6 Å². The largest absolute Gasteiger partial charge is 0.354 e. The van der Waals surface area contributed by atoms with Gasteiger partial charge in [-0.1, -0.05) is 12.1 Å². The zero-order valence-electron chi connectivity index (χ0n) is 14.1. The lowest BCUT2D eigenvalue weighted by atomic mass is 10.1. The van der Waals surface area contributed by atoms with Crippen molar-refractivity contribution in [3.63, 3.8) is 0 Å². The maximum absolute atomic E-state index is 12.9. The molecule has 0 fully saturated rings. The van der Waals surface area contributed by atoms with Crippen molar-refractivity contribution in [1.82, 2.24) is 5.32 Å². The van der Waals surface area contributed by atoms with Crippen LogP contribution in [0.5, 0.6) is 0 Å². The van der Waals surface area contributed by atoms with Crippen molar-refractivity contribution in [3.05, 3.63) is 65.5 Å². The number of carbonyl (C=O) groups is 1. The van der Waals surface area contributed by atoms with Crippen LogP contribution in [0.2, 0.25) is 0 Å². The number of anilines is 1. The Hall–Kier alpha value is -2.92. The second kappa shape index (κ2) is 8.45. The Labute approximate surface area is 151 Å². The Morgan fingerprint density at radius 2 is 1.77 bits per heavy atom. The van der Waals surface area contributed by atoms with Crippen LogP contribution in [-0.4, -0.2) is 33.7 Å². The lowest BCUT2D eigenvalue weighted by Crippen LogP contribution is -2.38. The molecule has 1 N–H and O–H groups in total. The van der Waals surface area contributed by atoms with Crippen LogP contribution in [0.1, 0.15) is 11.1 Å². The molecule has 1 amide bonds. The number of nitrogens with zero attached hydrogens (tertiary/aromatic N) is 2. The van der Waals surface area contributed by atoms with E-state index in [2.05, 4.69) is 5.32 Å². The summed E-state index contributed by atoms with van der Waals surface area (Å²) in [5.41, 5.74) is 1.50. The quantitative estimate of drug-likeness (QED) is 0.799. The number of benzene rings is 2. The Morgan fingerprint density at radius 1 is 1.15 bits per heavy atom. The summed E-state index contributed by atoms with van der Waals surface area (Å²) in [6, 6.07) is 13.7. The van der Waals surface area contributed by atoms with E-state index in [1.165, 1.54) is 36.4 Å². The molecule has 0 saturated heterocycles. The summed E-state index contributed by atoms with van der Waals surface area (Å²) in [7, 11) is -3.54. The van der Waals surface area contributed by atoms with Crippen LogP contribution in [0.15, 0.2) is 48.5 Å². The number of halogens is 1. The fourth-order valence-corrected chi connectivity index (χ4v) is 3.26. The van der Waals surface area contributed by atoms with Crippen LogP contribution >= 0.6 is 0 Å². The predicted octanol–water partition coefficient (Wildman–Crippen LogP) is 1.82. The van der Waals surface area contributed by atoms with Crippen LogP contribution in [0, 0.1) is 17.1 Å². The van der Waals surface area contributed by atoms with Crippen molar-refractivity contribution in [2.45, 2.75) is 6.42 Å². The number of carbonyl (C=O) groups excluding carboxylic acids is 1. The van der Waals surface area contributed by atoms with Crippen molar-refractivity contribution >= 4 is 21.6 Å². The molecule has 0 bridgehead atoms. The summed E-state index contributed by atoms with van der Waals surface area (Å²) in [4.78, 5) is 11.9. The molecule has 136 valence electrons. The maximum atomic E-state index is 12.9. The minimum Gasteiger partial charge on any atom is -0.354 e. The normalized spacial score (nSPS) is 10.8. The lowest BCUT2D eigenvalue weighted by Gasteiger charge is -2.22. The van der Waals surface area contributed by atoms with Crippen molar-refractivity contribution in [2.24, 2.45) is 0 Å². The van der Waals surface area contributed by atoms with Crippen LogP contribution in [0.25, 0.3) is 0 Å². The molecule has 0 radical (unpaired) electrons. The molecule has 0 unspecified atom stereocenters. The highest BCUT2D eigenvalue weighted by Crippen LogP contribution is 2.17. The predicted molar refractivity (Wildman–Crippen MR) is 96.5 cm³/mol. The van der Waals surface area contributed by atoms with E-state index in [1.54, 1.807) is 12.1 Å². The van der Waals surface area contributed by atoms with Gasteiger partial charge in [0.15, 0.2) is 0 Å². The smallest absolute Gasteiger partial charge is 0.232 e. The molecule has 8 heteroatoms. The summed E-state index contributed by atoms with van der Waals surface area (Å²) in [6.07, 6.45) is 1.15. The molecule has 0 atom stereocenters. The standard InChI is InChI=1S/C18H18FN3O3S/c1-26(24,25)22(17-8-4-15(13-20)5-9-17)11-10-21-18(23)12-14-2-6-16(19)7-3-14/h2-9H,10-12H2,1H3,(H,21,23). The molecular weight excluding hydrogens is 357 g/mol. The van der Waals surface area contributed by atoms with Crippen LogP contribution < -0.4 is 9.62 Å². The number of hydrogen-bond acceptors (Lipinski definition) is 4. The zero-order chi connectivity index (χ0) is 19.2. The summed E-state index contributed by atoms with van der Waals surface area (Å²) in [5, 5.41) is 11.5. The molecule has 2 aromatic carbocycles. The van der Waals surface area contributed by atoms with Gasteiger partial charge in [0.2, 0.25) is 15.9 Å². The van der Waals surface area contributed by atoms with Crippen molar-refractivity contribution in [2.75, 3.05) is 23.7 Å². The van der Waals surface area contributed by atoms with Gasteiger partial charge < -0.3 is 5.32 Å². The summed E-state index contributed by atoms with van der Waals surface area (Å²) in [5.74, 6) is -0.662. The Balaban J connectivity index is 1.96. The third kappa shape index (κ3) is 5.57. The highest BCUT2D eigenvalue weighted by atomic mass is 32.2. The first-order valence-electron chi connectivity index (χ1n) is 7.78. The average molecular weight is 375 g/mol. The van der Waals surface area contributed by atoms with Crippen molar-refractivity contribution in [1.29, 1.82) is 5.26 Å². The molecule has 0 aromatic heterocycles.